The molecule has 0 aliphatic carbocycles. The molecule has 0 aromatic heterocycles. The molecule has 33 heavy (non-hydrogen) atoms. The van der Waals surface area contributed by atoms with Crippen LogP contribution in [0.2, 0.25) is 0 Å². The fourth-order valence-corrected chi connectivity index (χ4v) is 5.22. The molecule has 0 bridgehead atoms. The largest absolute Gasteiger partial charge is 0.454 e. The Labute approximate surface area is 194 Å². The van der Waals surface area contributed by atoms with E-state index in [1.165, 1.54) is 4.90 Å². The summed E-state index contributed by atoms with van der Waals surface area (Å²) in [6.07, 6.45) is 1.13. The van der Waals surface area contributed by atoms with Crippen molar-refractivity contribution in [3.05, 3.63) is 64.3 Å². The molecule has 2 aromatic carbocycles. The van der Waals surface area contributed by atoms with Crippen LogP contribution in [0.1, 0.15) is 42.5 Å². The first-order chi connectivity index (χ1) is 15.8. The Hall–Kier alpha value is -3.28. The third-order valence-electron chi connectivity index (χ3n) is 6.90. The summed E-state index contributed by atoms with van der Waals surface area (Å²) in [7, 11) is 0. The van der Waals surface area contributed by atoms with Crippen molar-refractivity contribution in [3.8, 4) is 11.5 Å². The van der Waals surface area contributed by atoms with Crippen molar-refractivity contribution in [2.24, 2.45) is 11.8 Å². The van der Waals surface area contributed by atoms with Gasteiger partial charge in [-0.3, -0.25) is 14.5 Å². The van der Waals surface area contributed by atoms with Crippen LogP contribution < -0.4 is 9.47 Å². The second-order valence-corrected chi connectivity index (χ2v) is 9.76. The van der Waals surface area contributed by atoms with Crippen LogP contribution in [0.15, 0.2) is 42.1 Å². The standard InChI is InChI=1S/C27H30N2O4/c1-16-9-17(2)13-28(12-16)25-24(21-7-5-18(3)19(4)10-21)26(30)29(27(25)31)14-20-6-8-22-23(11-20)33-15-32-22/h5-8,10-11,16-17H,9,12-15H2,1-4H3. The first-order valence-corrected chi connectivity index (χ1v) is 11.6. The molecule has 2 unspecified atom stereocenters. The number of hydrogen-bond donors (Lipinski definition) is 0. The Bertz CT molecular complexity index is 1160. The second kappa shape index (κ2) is 8.25. The second-order valence-electron chi connectivity index (χ2n) is 9.76. The molecule has 2 amide bonds. The summed E-state index contributed by atoms with van der Waals surface area (Å²) >= 11 is 0. The van der Waals surface area contributed by atoms with E-state index in [2.05, 4.69) is 25.7 Å². The third kappa shape index (κ3) is 3.88. The molecule has 3 aliphatic rings. The SMILES string of the molecule is Cc1ccc(C2=C(N3CC(C)CC(C)C3)C(=O)N(Cc3ccc4c(c3)OCO4)C2=O)cc1C. The van der Waals surface area contributed by atoms with Gasteiger partial charge in [-0.05, 0) is 66.5 Å². The van der Waals surface area contributed by atoms with Gasteiger partial charge in [0.1, 0.15) is 5.70 Å². The van der Waals surface area contributed by atoms with Gasteiger partial charge in [0, 0.05) is 13.1 Å². The number of hydrogen-bond acceptors (Lipinski definition) is 5. The van der Waals surface area contributed by atoms with Crippen molar-refractivity contribution in [3.63, 3.8) is 0 Å². The highest BCUT2D eigenvalue weighted by Gasteiger charge is 2.43. The molecule has 2 atom stereocenters. The van der Waals surface area contributed by atoms with Gasteiger partial charge in [-0.25, -0.2) is 0 Å². The quantitative estimate of drug-likeness (QED) is 0.656. The van der Waals surface area contributed by atoms with Gasteiger partial charge in [-0.15, -0.1) is 0 Å². The van der Waals surface area contributed by atoms with Crippen LogP contribution in [-0.2, 0) is 16.1 Å². The lowest BCUT2D eigenvalue weighted by Gasteiger charge is -2.37. The van der Waals surface area contributed by atoms with Gasteiger partial charge in [0.2, 0.25) is 6.79 Å². The van der Waals surface area contributed by atoms with Gasteiger partial charge in [0.25, 0.3) is 11.8 Å². The van der Waals surface area contributed by atoms with Crippen molar-refractivity contribution < 1.29 is 19.1 Å². The van der Waals surface area contributed by atoms with Gasteiger partial charge in [-0.1, -0.05) is 38.1 Å². The van der Waals surface area contributed by atoms with Gasteiger partial charge in [-0.2, -0.15) is 0 Å². The van der Waals surface area contributed by atoms with Gasteiger partial charge >= 0.3 is 0 Å². The van der Waals surface area contributed by atoms with Crippen LogP contribution in [0, 0.1) is 25.7 Å². The summed E-state index contributed by atoms with van der Waals surface area (Å²) < 4.78 is 10.9. The molecule has 0 N–H and O–H groups in total. The van der Waals surface area contributed by atoms with E-state index >= 15 is 0 Å². The molecule has 6 nitrogen and oxygen atoms in total. The average Bonchev–Trinajstić information content (AvgIpc) is 3.32. The Kier molecular flexibility index (Phi) is 5.39. The lowest BCUT2D eigenvalue weighted by molar-refractivity contribution is -0.138. The number of fused-ring (bicyclic) bond motifs is 1. The minimum atomic E-state index is -0.234. The van der Waals surface area contributed by atoms with E-state index in [1.807, 2.05) is 43.3 Å². The molecule has 5 rings (SSSR count). The van der Waals surface area contributed by atoms with E-state index in [4.69, 9.17) is 9.47 Å². The highest BCUT2D eigenvalue weighted by atomic mass is 16.7. The van der Waals surface area contributed by atoms with Crippen LogP contribution >= 0.6 is 0 Å². The summed E-state index contributed by atoms with van der Waals surface area (Å²) in [6, 6.07) is 11.6. The first kappa shape index (κ1) is 21.6. The number of amides is 2. The fraction of sp³-hybridized carbons (Fsp3) is 0.407. The molecule has 0 radical (unpaired) electrons. The Morgan fingerprint density at radius 1 is 0.879 bits per heavy atom. The Morgan fingerprint density at radius 3 is 2.33 bits per heavy atom. The van der Waals surface area contributed by atoms with Crippen LogP contribution in [0.25, 0.3) is 5.57 Å². The molecule has 0 saturated carbocycles. The van der Waals surface area contributed by atoms with Gasteiger partial charge in [0.05, 0.1) is 12.1 Å². The highest BCUT2D eigenvalue weighted by molar-refractivity contribution is 6.35. The number of rotatable bonds is 4. The van der Waals surface area contributed by atoms with Crippen molar-refractivity contribution in [2.75, 3.05) is 19.9 Å². The lowest BCUT2D eigenvalue weighted by Crippen LogP contribution is -2.41. The maximum atomic E-state index is 13.8. The smallest absolute Gasteiger partial charge is 0.278 e. The van der Waals surface area contributed by atoms with E-state index in [1.54, 1.807) is 0 Å². The Balaban J connectivity index is 1.54. The minimum absolute atomic E-state index is 0.189. The number of ether oxygens (including phenoxy) is 2. The summed E-state index contributed by atoms with van der Waals surface area (Å²) in [5.74, 6) is 1.81. The molecule has 1 fully saturated rings. The molecule has 0 spiro atoms. The zero-order valence-electron chi connectivity index (χ0n) is 19.7. The van der Waals surface area contributed by atoms with Crippen LogP contribution in [0.3, 0.4) is 0 Å². The number of carbonyl (C=O) groups excluding carboxylic acids is 2. The molecule has 1 saturated heterocycles. The highest BCUT2D eigenvalue weighted by Crippen LogP contribution is 2.37. The fourth-order valence-electron chi connectivity index (χ4n) is 5.22. The number of benzene rings is 2. The zero-order valence-corrected chi connectivity index (χ0v) is 19.7. The summed E-state index contributed by atoms with van der Waals surface area (Å²) in [5, 5.41) is 0. The van der Waals surface area contributed by atoms with E-state index in [9.17, 15) is 9.59 Å². The van der Waals surface area contributed by atoms with Crippen LogP contribution in [0.4, 0.5) is 0 Å². The van der Waals surface area contributed by atoms with Crippen molar-refractivity contribution in [2.45, 2.75) is 40.7 Å². The molecular formula is C27H30N2O4. The molecular weight excluding hydrogens is 416 g/mol. The topological polar surface area (TPSA) is 59.1 Å². The zero-order chi connectivity index (χ0) is 23.3. The van der Waals surface area contributed by atoms with Crippen molar-refractivity contribution in [1.82, 2.24) is 9.80 Å². The first-order valence-electron chi connectivity index (χ1n) is 11.6. The normalized spacial score (nSPS) is 22.5. The summed E-state index contributed by atoms with van der Waals surface area (Å²) in [5.41, 5.74) is 4.98. The minimum Gasteiger partial charge on any atom is -0.454 e. The monoisotopic (exact) mass is 446 g/mol. The van der Waals surface area contributed by atoms with Gasteiger partial charge in [0.15, 0.2) is 11.5 Å². The number of imide groups is 1. The average molecular weight is 447 g/mol. The van der Waals surface area contributed by atoms with E-state index in [0.29, 0.717) is 34.6 Å². The molecule has 6 heteroatoms. The third-order valence-corrected chi connectivity index (χ3v) is 6.90. The lowest BCUT2D eigenvalue weighted by atomic mass is 9.90. The number of piperidine rings is 1. The van der Waals surface area contributed by atoms with Crippen LogP contribution in [0.5, 0.6) is 11.5 Å². The predicted octanol–water partition coefficient (Wildman–Crippen LogP) is 4.29. The molecule has 3 aliphatic heterocycles. The number of carbonyl (C=O) groups is 2. The molecule has 3 heterocycles. The maximum Gasteiger partial charge on any atom is 0.278 e. The van der Waals surface area contributed by atoms with E-state index in [-0.39, 0.29) is 25.2 Å². The number of nitrogens with zero attached hydrogens (tertiary/aromatic N) is 2. The van der Waals surface area contributed by atoms with E-state index < -0.39 is 0 Å². The summed E-state index contributed by atoms with van der Waals surface area (Å²) in [4.78, 5) is 31.0. The number of aryl methyl sites for hydroxylation is 2. The van der Waals surface area contributed by atoms with Crippen LogP contribution in [-0.4, -0.2) is 41.5 Å². The van der Waals surface area contributed by atoms with Crippen molar-refractivity contribution >= 4 is 17.4 Å². The van der Waals surface area contributed by atoms with Gasteiger partial charge < -0.3 is 14.4 Å². The predicted molar refractivity (Wildman–Crippen MR) is 125 cm³/mol. The molecule has 2 aromatic rings. The Morgan fingerprint density at radius 2 is 1.61 bits per heavy atom. The van der Waals surface area contributed by atoms with Crippen molar-refractivity contribution in [1.29, 1.82) is 0 Å². The molecule has 172 valence electrons. The maximum absolute atomic E-state index is 13.8. The summed E-state index contributed by atoms with van der Waals surface area (Å²) in [6.45, 7) is 10.5. The number of likely N-dealkylation sites (tertiary alicyclic amines) is 1. The van der Waals surface area contributed by atoms with E-state index in [0.717, 1.165) is 41.8 Å².